The van der Waals surface area contributed by atoms with Gasteiger partial charge in [0.2, 0.25) is 0 Å². The SMILES string of the molecule is CN(C)CCNC(=O)c1cc2c(s1)CCCC2. The predicted molar refractivity (Wildman–Crippen MR) is 71.8 cm³/mol. The van der Waals surface area contributed by atoms with Gasteiger partial charge in [-0.2, -0.15) is 0 Å². The van der Waals surface area contributed by atoms with Gasteiger partial charge in [0.25, 0.3) is 5.91 Å². The van der Waals surface area contributed by atoms with E-state index < -0.39 is 0 Å². The van der Waals surface area contributed by atoms with Crippen LogP contribution >= 0.6 is 11.3 Å². The Labute approximate surface area is 107 Å². The molecule has 2 rings (SSSR count). The second kappa shape index (κ2) is 5.65. The van der Waals surface area contributed by atoms with Crippen LogP contribution in [0.15, 0.2) is 6.07 Å². The van der Waals surface area contributed by atoms with E-state index in [0.717, 1.165) is 24.3 Å². The Kier molecular flexibility index (Phi) is 4.18. The van der Waals surface area contributed by atoms with E-state index in [2.05, 4.69) is 16.3 Å². The molecule has 1 aromatic rings. The number of nitrogens with zero attached hydrogens (tertiary/aromatic N) is 1. The molecule has 0 saturated heterocycles. The predicted octanol–water partition coefficient (Wildman–Crippen LogP) is 1.92. The van der Waals surface area contributed by atoms with Crippen LogP contribution in [0.2, 0.25) is 0 Å². The number of aryl methyl sites for hydroxylation is 2. The van der Waals surface area contributed by atoms with Crippen molar-refractivity contribution >= 4 is 17.2 Å². The van der Waals surface area contributed by atoms with Crippen LogP contribution in [0.25, 0.3) is 0 Å². The van der Waals surface area contributed by atoms with E-state index in [1.807, 2.05) is 14.1 Å². The highest BCUT2D eigenvalue weighted by Gasteiger charge is 2.16. The summed E-state index contributed by atoms with van der Waals surface area (Å²) in [7, 11) is 4.02. The lowest BCUT2D eigenvalue weighted by molar-refractivity contribution is 0.0955. The molecule has 4 heteroatoms. The summed E-state index contributed by atoms with van der Waals surface area (Å²) in [6, 6.07) is 2.09. The third-order valence-electron chi connectivity index (χ3n) is 3.06. The van der Waals surface area contributed by atoms with Gasteiger partial charge < -0.3 is 10.2 Å². The van der Waals surface area contributed by atoms with Gasteiger partial charge in [-0.1, -0.05) is 0 Å². The van der Waals surface area contributed by atoms with Crippen LogP contribution in [-0.2, 0) is 12.8 Å². The Bertz CT molecular complexity index is 375. The quantitative estimate of drug-likeness (QED) is 0.888. The molecule has 94 valence electrons. The van der Waals surface area contributed by atoms with Crippen molar-refractivity contribution in [2.45, 2.75) is 25.7 Å². The van der Waals surface area contributed by atoms with Gasteiger partial charge >= 0.3 is 0 Å². The summed E-state index contributed by atoms with van der Waals surface area (Å²) in [6.45, 7) is 1.60. The number of nitrogens with one attached hydrogen (secondary N) is 1. The fourth-order valence-electron chi connectivity index (χ4n) is 2.08. The first-order chi connectivity index (χ1) is 8.16. The van der Waals surface area contributed by atoms with Gasteiger partial charge in [-0.05, 0) is 51.4 Å². The van der Waals surface area contributed by atoms with E-state index in [0.29, 0.717) is 6.54 Å². The number of thiophene rings is 1. The van der Waals surface area contributed by atoms with Crippen molar-refractivity contribution in [2.75, 3.05) is 27.2 Å². The fraction of sp³-hybridized carbons (Fsp3) is 0.615. The zero-order valence-electron chi connectivity index (χ0n) is 10.6. The summed E-state index contributed by atoms with van der Waals surface area (Å²) in [5.74, 6) is 0.0891. The van der Waals surface area contributed by atoms with E-state index in [1.54, 1.807) is 11.3 Å². The van der Waals surface area contributed by atoms with Crippen molar-refractivity contribution in [3.05, 3.63) is 21.4 Å². The molecule has 0 unspecified atom stereocenters. The Morgan fingerprint density at radius 2 is 2.18 bits per heavy atom. The van der Waals surface area contributed by atoms with Gasteiger partial charge in [0, 0.05) is 18.0 Å². The van der Waals surface area contributed by atoms with E-state index in [-0.39, 0.29) is 5.91 Å². The number of carbonyl (C=O) groups excluding carboxylic acids is 1. The largest absolute Gasteiger partial charge is 0.350 e. The lowest BCUT2D eigenvalue weighted by Gasteiger charge is -2.09. The smallest absolute Gasteiger partial charge is 0.261 e. The van der Waals surface area contributed by atoms with Crippen LogP contribution in [0.1, 0.15) is 33.0 Å². The maximum Gasteiger partial charge on any atom is 0.261 e. The van der Waals surface area contributed by atoms with Crippen molar-refractivity contribution in [2.24, 2.45) is 0 Å². The Balaban J connectivity index is 1.92. The van der Waals surface area contributed by atoms with Gasteiger partial charge in [-0.15, -0.1) is 11.3 Å². The van der Waals surface area contributed by atoms with Gasteiger partial charge in [0.15, 0.2) is 0 Å². The van der Waals surface area contributed by atoms with E-state index in [4.69, 9.17) is 0 Å². The second-order valence-electron chi connectivity index (χ2n) is 4.83. The average molecular weight is 252 g/mol. The summed E-state index contributed by atoms with van der Waals surface area (Å²) >= 11 is 1.68. The molecule has 17 heavy (non-hydrogen) atoms. The standard InChI is InChI=1S/C13H20N2OS/c1-15(2)8-7-14-13(16)12-9-10-5-3-4-6-11(10)17-12/h9H,3-8H2,1-2H3,(H,14,16). The van der Waals surface area contributed by atoms with Gasteiger partial charge in [-0.3, -0.25) is 4.79 Å². The number of carbonyl (C=O) groups is 1. The maximum atomic E-state index is 11.9. The Morgan fingerprint density at radius 3 is 2.88 bits per heavy atom. The van der Waals surface area contributed by atoms with E-state index in [1.165, 1.54) is 23.3 Å². The molecule has 1 aliphatic rings. The van der Waals surface area contributed by atoms with Crippen LogP contribution in [0.4, 0.5) is 0 Å². The summed E-state index contributed by atoms with van der Waals surface area (Å²) in [5.41, 5.74) is 1.40. The van der Waals surface area contributed by atoms with Gasteiger partial charge in [0.1, 0.15) is 0 Å². The number of fused-ring (bicyclic) bond motifs is 1. The lowest BCUT2D eigenvalue weighted by Crippen LogP contribution is -2.30. The molecule has 0 fully saturated rings. The minimum Gasteiger partial charge on any atom is -0.350 e. The van der Waals surface area contributed by atoms with Crippen LogP contribution in [0, 0.1) is 0 Å². The average Bonchev–Trinajstić information content (AvgIpc) is 2.71. The van der Waals surface area contributed by atoms with Crippen LogP contribution < -0.4 is 5.32 Å². The highest BCUT2D eigenvalue weighted by Crippen LogP contribution is 2.29. The highest BCUT2D eigenvalue weighted by molar-refractivity contribution is 7.14. The monoisotopic (exact) mass is 252 g/mol. The molecular weight excluding hydrogens is 232 g/mol. The first kappa shape index (κ1) is 12.6. The minimum absolute atomic E-state index is 0.0891. The highest BCUT2D eigenvalue weighted by atomic mass is 32.1. The summed E-state index contributed by atoms with van der Waals surface area (Å²) in [6.07, 6.45) is 4.85. The van der Waals surface area contributed by atoms with E-state index >= 15 is 0 Å². The molecule has 0 bridgehead atoms. The summed E-state index contributed by atoms with van der Waals surface area (Å²) in [4.78, 5) is 16.3. The molecule has 1 amide bonds. The minimum atomic E-state index is 0.0891. The molecule has 0 radical (unpaired) electrons. The first-order valence-corrected chi connectivity index (χ1v) is 7.03. The van der Waals surface area contributed by atoms with E-state index in [9.17, 15) is 4.79 Å². The van der Waals surface area contributed by atoms with Crippen LogP contribution in [-0.4, -0.2) is 38.0 Å². The topological polar surface area (TPSA) is 32.3 Å². The molecule has 1 aliphatic carbocycles. The normalized spacial score (nSPS) is 14.8. The third kappa shape index (κ3) is 3.30. The zero-order valence-corrected chi connectivity index (χ0v) is 11.4. The third-order valence-corrected chi connectivity index (χ3v) is 4.30. The van der Waals surface area contributed by atoms with Gasteiger partial charge in [-0.25, -0.2) is 0 Å². The fourth-order valence-corrected chi connectivity index (χ4v) is 3.25. The molecule has 1 aromatic heterocycles. The van der Waals surface area contributed by atoms with Crippen molar-refractivity contribution < 1.29 is 4.79 Å². The molecule has 0 aromatic carbocycles. The first-order valence-electron chi connectivity index (χ1n) is 6.21. The molecular formula is C13H20N2OS. The van der Waals surface area contributed by atoms with Crippen molar-refractivity contribution in [3.8, 4) is 0 Å². The molecule has 1 heterocycles. The van der Waals surface area contributed by atoms with Crippen molar-refractivity contribution in [1.82, 2.24) is 10.2 Å². The van der Waals surface area contributed by atoms with Crippen LogP contribution in [0.5, 0.6) is 0 Å². The number of hydrogen-bond acceptors (Lipinski definition) is 3. The Morgan fingerprint density at radius 1 is 1.41 bits per heavy atom. The Hall–Kier alpha value is -0.870. The molecule has 0 aliphatic heterocycles. The summed E-state index contributed by atoms with van der Waals surface area (Å²) in [5, 5.41) is 2.97. The molecule has 0 saturated carbocycles. The number of rotatable bonds is 4. The molecule has 3 nitrogen and oxygen atoms in total. The number of hydrogen-bond donors (Lipinski definition) is 1. The number of likely N-dealkylation sites (N-methyl/N-ethyl adjacent to an activating group) is 1. The maximum absolute atomic E-state index is 11.9. The lowest BCUT2D eigenvalue weighted by atomic mass is 9.99. The van der Waals surface area contributed by atoms with Crippen molar-refractivity contribution in [3.63, 3.8) is 0 Å². The second-order valence-corrected chi connectivity index (χ2v) is 5.96. The molecule has 0 atom stereocenters. The summed E-state index contributed by atoms with van der Waals surface area (Å²) < 4.78 is 0. The molecule has 1 N–H and O–H groups in total. The molecule has 0 spiro atoms. The zero-order chi connectivity index (χ0) is 12.3. The van der Waals surface area contributed by atoms with Gasteiger partial charge in [0.05, 0.1) is 4.88 Å². The van der Waals surface area contributed by atoms with Crippen molar-refractivity contribution in [1.29, 1.82) is 0 Å². The van der Waals surface area contributed by atoms with Crippen LogP contribution in [0.3, 0.4) is 0 Å². The number of amides is 1.